The standard InChI is InChI=1S/C11H20O3.CHF3/c1-11(2,3)14-10(13)8-4-6-9(12)7-5-8;2-1(3)4/h8-9,12H,4-7H2,1-3H3;1H. The number of carbonyl (C=O) groups is 1. The maximum Gasteiger partial charge on any atom is 0.379 e. The van der Waals surface area contributed by atoms with E-state index in [0.717, 1.165) is 25.7 Å². The molecular formula is C12H21F3O3. The van der Waals surface area contributed by atoms with E-state index in [-0.39, 0.29) is 18.0 Å². The summed E-state index contributed by atoms with van der Waals surface area (Å²) in [7, 11) is 0. The molecule has 0 unspecified atom stereocenters. The minimum Gasteiger partial charge on any atom is -0.460 e. The second kappa shape index (κ2) is 7.61. The Morgan fingerprint density at radius 3 is 1.89 bits per heavy atom. The highest BCUT2D eigenvalue weighted by Crippen LogP contribution is 2.26. The van der Waals surface area contributed by atoms with Gasteiger partial charge in [0.2, 0.25) is 0 Å². The summed E-state index contributed by atoms with van der Waals surface area (Å²) in [6.45, 7) is 1.97. The Bertz CT molecular complexity index is 241. The first-order chi connectivity index (χ1) is 8.11. The molecule has 1 fully saturated rings. The first-order valence-electron chi connectivity index (χ1n) is 5.95. The van der Waals surface area contributed by atoms with Gasteiger partial charge in [-0.05, 0) is 46.5 Å². The van der Waals surface area contributed by atoms with Crippen molar-refractivity contribution in [2.75, 3.05) is 0 Å². The van der Waals surface area contributed by atoms with Gasteiger partial charge in [0.15, 0.2) is 0 Å². The van der Waals surface area contributed by atoms with Crippen molar-refractivity contribution >= 4 is 5.97 Å². The summed E-state index contributed by atoms with van der Waals surface area (Å²) in [5.74, 6) is -0.109. The first-order valence-corrected chi connectivity index (χ1v) is 5.95. The van der Waals surface area contributed by atoms with Crippen molar-refractivity contribution in [1.82, 2.24) is 0 Å². The highest BCUT2D eigenvalue weighted by atomic mass is 19.4. The number of alkyl halides is 3. The van der Waals surface area contributed by atoms with Crippen LogP contribution in [0.4, 0.5) is 13.2 Å². The number of halogens is 3. The van der Waals surface area contributed by atoms with Gasteiger partial charge in [0.1, 0.15) is 5.60 Å². The number of esters is 1. The summed E-state index contributed by atoms with van der Waals surface area (Å²) in [5.41, 5.74) is -0.396. The average Bonchev–Trinajstić information content (AvgIpc) is 2.14. The minimum absolute atomic E-state index is 0.00220. The zero-order valence-electron chi connectivity index (χ0n) is 11.0. The normalized spacial score (nSPS) is 24.2. The number of ether oxygens (including phenoxy) is 1. The molecule has 1 aliphatic carbocycles. The molecule has 0 aromatic rings. The van der Waals surface area contributed by atoms with Gasteiger partial charge in [0, 0.05) is 0 Å². The van der Waals surface area contributed by atoms with E-state index >= 15 is 0 Å². The maximum absolute atomic E-state index is 11.6. The molecule has 0 heterocycles. The van der Waals surface area contributed by atoms with Crippen LogP contribution < -0.4 is 0 Å². The lowest BCUT2D eigenvalue weighted by atomic mass is 9.87. The molecule has 0 amide bonds. The Balaban J connectivity index is 0.000000631. The molecule has 1 N–H and O–H groups in total. The highest BCUT2D eigenvalue weighted by Gasteiger charge is 2.28. The van der Waals surface area contributed by atoms with Crippen LogP contribution in [0.15, 0.2) is 0 Å². The van der Waals surface area contributed by atoms with E-state index in [2.05, 4.69) is 0 Å². The van der Waals surface area contributed by atoms with Crippen LogP contribution in [0.25, 0.3) is 0 Å². The van der Waals surface area contributed by atoms with E-state index < -0.39 is 12.3 Å². The molecular weight excluding hydrogens is 249 g/mol. The van der Waals surface area contributed by atoms with Gasteiger partial charge in [0.25, 0.3) is 0 Å². The first kappa shape index (κ1) is 17.2. The van der Waals surface area contributed by atoms with E-state index in [0.29, 0.717) is 0 Å². The van der Waals surface area contributed by atoms with Crippen LogP contribution in [0.1, 0.15) is 46.5 Å². The number of rotatable bonds is 1. The fourth-order valence-corrected chi connectivity index (χ4v) is 1.70. The van der Waals surface area contributed by atoms with Gasteiger partial charge < -0.3 is 9.84 Å². The second-order valence-electron chi connectivity index (χ2n) is 5.29. The molecule has 3 nitrogen and oxygen atoms in total. The van der Waals surface area contributed by atoms with Crippen molar-refractivity contribution in [3.8, 4) is 0 Å². The van der Waals surface area contributed by atoms with Gasteiger partial charge in [-0.25, -0.2) is 0 Å². The predicted molar refractivity (Wildman–Crippen MR) is 60.9 cm³/mol. The largest absolute Gasteiger partial charge is 0.460 e. The number of hydrogen-bond acceptors (Lipinski definition) is 3. The minimum atomic E-state index is -3.67. The molecule has 1 aliphatic rings. The molecule has 18 heavy (non-hydrogen) atoms. The molecule has 0 radical (unpaired) electrons. The molecule has 0 saturated heterocycles. The van der Waals surface area contributed by atoms with Crippen LogP contribution in [0.2, 0.25) is 0 Å². The number of carbonyl (C=O) groups excluding carboxylic acids is 1. The fourth-order valence-electron chi connectivity index (χ4n) is 1.70. The van der Waals surface area contributed by atoms with Crippen LogP contribution in [-0.2, 0) is 9.53 Å². The summed E-state index contributed by atoms with van der Waals surface area (Å²) in [6, 6.07) is 0. The third-order valence-corrected chi connectivity index (χ3v) is 2.44. The van der Waals surface area contributed by atoms with Gasteiger partial charge >= 0.3 is 12.6 Å². The fraction of sp³-hybridized carbons (Fsp3) is 0.917. The van der Waals surface area contributed by atoms with Gasteiger partial charge in [0.05, 0.1) is 12.0 Å². The number of hydrogen-bond donors (Lipinski definition) is 1. The lowest BCUT2D eigenvalue weighted by Gasteiger charge is -2.27. The maximum atomic E-state index is 11.6. The highest BCUT2D eigenvalue weighted by molar-refractivity contribution is 5.72. The van der Waals surface area contributed by atoms with Crippen molar-refractivity contribution in [3.05, 3.63) is 0 Å². The third-order valence-electron chi connectivity index (χ3n) is 2.44. The Morgan fingerprint density at radius 2 is 1.56 bits per heavy atom. The van der Waals surface area contributed by atoms with Crippen LogP contribution in [0.3, 0.4) is 0 Å². The second-order valence-corrected chi connectivity index (χ2v) is 5.29. The zero-order valence-corrected chi connectivity index (χ0v) is 11.0. The molecule has 6 heteroatoms. The van der Waals surface area contributed by atoms with E-state index in [1.807, 2.05) is 20.8 Å². The predicted octanol–water partition coefficient (Wildman–Crippen LogP) is 3.06. The van der Waals surface area contributed by atoms with Crippen molar-refractivity contribution in [3.63, 3.8) is 0 Å². The molecule has 0 aromatic heterocycles. The Morgan fingerprint density at radius 1 is 1.17 bits per heavy atom. The van der Waals surface area contributed by atoms with E-state index in [1.165, 1.54) is 0 Å². The zero-order chi connectivity index (χ0) is 14.3. The Hall–Kier alpha value is -0.780. The monoisotopic (exact) mass is 270 g/mol. The quantitative estimate of drug-likeness (QED) is 0.745. The van der Waals surface area contributed by atoms with E-state index in [9.17, 15) is 23.1 Å². The summed E-state index contributed by atoms with van der Waals surface area (Å²) in [5, 5.41) is 9.29. The Labute approximate surface area is 105 Å². The van der Waals surface area contributed by atoms with E-state index in [1.54, 1.807) is 0 Å². The number of aliphatic hydroxyl groups excluding tert-OH is 1. The summed E-state index contributed by atoms with van der Waals surface area (Å²) >= 11 is 0. The van der Waals surface area contributed by atoms with Crippen molar-refractivity contribution in [2.45, 2.75) is 64.8 Å². The van der Waals surface area contributed by atoms with Gasteiger partial charge in [-0.2, -0.15) is 13.2 Å². The van der Waals surface area contributed by atoms with Crippen LogP contribution in [-0.4, -0.2) is 29.5 Å². The summed E-state index contributed by atoms with van der Waals surface area (Å²) in [6.07, 6.45) is 2.76. The third kappa shape index (κ3) is 9.27. The lowest BCUT2D eigenvalue weighted by Crippen LogP contribution is -2.31. The van der Waals surface area contributed by atoms with Crippen molar-refractivity contribution < 1.29 is 27.8 Å². The Kier molecular flexibility index (Phi) is 7.28. The van der Waals surface area contributed by atoms with Crippen LogP contribution in [0, 0.1) is 5.92 Å². The molecule has 0 aliphatic heterocycles. The molecule has 0 spiro atoms. The average molecular weight is 270 g/mol. The number of aliphatic hydroxyl groups is 1. The molecule has 108 valence electrons. The summed E-state index contributed by atoms with van der Waals surface area (Å²) < 4.78 is 34.3. The SMILES string of the molecule is CC(C)(C)OC(=O)C1CCC(O)CC1.FC(F)F. The van der Waals surface area contributed by atoms with Gasteiger partial charge in [-0.1, -0.05) is 0 Å². The molecule has 0 aromatic carbocycles. The molecule has 1 rings (SSSR count). The van der Waals surface area contributed by atoms with Crippen molar-refractivity contribution in [1.29, 1.82) is 0 Å². The molecule has 1 saturated carbocycles. The smallest absolute Gasteiger partial charge is 0.379 e. The van der Waals surface area contributed by atoms with Gasteiger partial charge in [-0.3, -0.25) is 4.79 Å². The van der Waals surface area contributed by atoms with Crippen LogP contribution in [0.5, 0.6) is 0 Å². The van der Waals surface area contributed by atoms with Crippen LogP contribution >= 0.6 is 0 Å². The van der Waals surface area contributed by atoms with Crippen molar-refractivity contribution in [2.24, 2.45) is 5.92 Å². The molecule has 0 atom stereocenters. The lowest BCUT2D eigenvalue weighted by molar-refractivity contribution is -0.161. The van der Waals surface area contributed by atoms with Gasteiger partial charge in [-0.15, -0.1) is 0 Å². The summed E-state index contributed by atoms with van der Waals surface area (Å²) in [4.78, 5) is 11.6. The van der Waals surface area contributed by atoms with E-state index in [4.69, 9.17) is 4.74 Å². The molecule has 0 bridgehead atoms. The topological polar surface area (TPSA) is 46.5 Å².